The third-order valence-electron chi connectivity index (χ3n) is 2.18. The maximum Gasteiger partial charge on any atom is 0.107 e. The van der Waals surface area contributed by atoms with Crippen molar-refractivity contribution >= 4 is 11.3 Å². The highest BCUT2D eigenvalue weighted by molar-refractivity contribution is 7.09. The first kappa shape index (κ1) is 12.6. The SMILES string of the molecule is COC(CN)CCNCc1nc(C)cs1. The maximum absolute atomic E-state index is 5.52. The van der Waals surface area contributed by atoms with Crippen molar-refractivity contribution in [1.29, 1.82) is 0 Å². The van der Waals surface area contributed by atoms with Gasteiger partial charge in [0.05, 0.1) is 6.10 Å². The van der Waals surface area contributed by atoms with E-state index in [1.54, 1.807) is 18.4 Å². The van der Waals surface area contributed by atoms with Crippen molar-refractivity contribution in [3.63, 3.8) is 0 Å². The van der Waals surface area contributed by atoms with Crippen LogP contribution in [0.25, 0.3) is 0 Å². The van der Waals surface area contributed by atoms with E-state index in [-0.39, 0.29) is 6.10 Å². The normalized spacial score (nSPS) is 13.0. The van der Waals surface area contributed by atoms with Crippen molar-refractivity contribution in [2.24, 2.45) is 5.73 Å². The molecule has 0 aliphatic heterocycles. The zero-order valence-corrected chi connectivity index (χ0v) is 10.1. The second-order valence-electron chi connectivity index (χ2n) is 3.44. The molecule has 0 fully saturated rings. The van der Waals surface area contributed by atoms with E-state index in [4.69, 9.17) is 10.5 Å². The molecule has 1 heterocycles. The minimum Gasteiger partial charge on any atom is -0.380 e. The Morgan fingerprint density at radius 3 is 3.00 bits per heavy atom. The fourth-order valence-electron chi connectivity index (χ4n) is 1.27. The zero-order valence-electron chi connectivity index (χ0n) is 9.32. The Hall–Kier alpha value is -0.490. The molecular formula is C10H19N3OS. The summed E-state index contributed by atoms with van der Waals surface area (Å²) in [6.07, 6.45) is 1.10. The first-order valence-electron chi connectivity index (χ1n) is 5.11. The number of methoxy groups -OCH3 is 1. The predicted molar refractivity (Wildman–Crippen MR) is 63.0 cm³/mol. The molecule has 0 saturated carbocycles. The van der Waals surface area contributed by atoms with Gasteiger partial charge < -0.3 is 15.8 Å². The van der Waals surface area contributed by atoms with Gasteiger partial charge in [-0.25, -0.2) is 4.98 Å². The number of hydrogen-bond donors (Lipinski definition) is 2. The number of aromatic nitrogens is 1. The summed E-state index contributed by atoms with van der Waals surface area (Å²) in [5.74, 6) is 0. The van der Waals surface area contributed by atoms with Gasteiger partial charge in [-0.1, -0.05) is 0 Å². The monoisotopic (exact) mass is 229 g/mol. The Kier molecular flexibility index (Phi) is 5.78. The molecule has 0 saturated heterocycles. The lowest BCUT2D eigenvalue weighted by molar-refractivity contribution is 0.102. The van der Waals surface area contributed by atoms with E-state index in [1.165, 1.54) is 0 Å². The summed E-state index contributed by atoms with van der Waals surface area (Å²) in [5, 5.41) is 6.52. The number of nitrogens with two attached hydrogens (primary N) is 1. The standard InChI is InChI=1S/C10H19N3OS/c1-8-7-15-10(13-8)6-12-4-3-9(5-11)14-2/h7,9,12H,3-6,11H2,1-2H3. The molecule has 3 N–H and O–H groups in total. The van der Waals surface area contributed by atoms with Crippen molar-refractivity contribution in [3.8, 4) is 0 Å². The van der Waals surface area contributed by atoms with E-state index in [0.29, 0.717) is 6.54 Å². The Bertz CT molecular complexity index is 273. The number of aryl methyl sites for hydroxylation is 1. The van der Waals surface area contributed by atoms with Gasteiger partial charge in [0.25, 0.3) is 0 Å². The summed E-state index contributed by atoms with van der Waals surface area (Å²) in [7, 11) is 1.70. The zero-order chi connectivity index (χ0) is 11.1. The quantitative estimate of drug-likeness (QED) is 0.682. The minimum absolute atomic E-state index is 0.163. The van der Waals surface area contributed by atoms with Crippen LogP contribution in [0.4, 0.5) is 0 Å². The smallest absolute Gasteiger partial charge is 0.107 e. The summed E-state index contributed by atoms with van der Waals surface area (Å²) in [5.41, 5.74) is 6.61. The highest BCUT2D eigenvalue weighted by Crippen LogP contribution is 2.07. The van der Waals surface area contributed by atoms with Gasteiger partial charge in [0, 0.05) is 31.3 Å². The van der Waals surface area contributed by atoms with Gasteiger partial charge in [0.2, 0.25) is 0 Å². The molecular weight excluding hydrogens is 210 g/mol. The predicted octanol–water partition coefficient (Wildman–Crippen LogP) is 0.905. The Balaban J connectivity index is 2.11. The van der Waals surface area contributed by atoms with Crippen molar-refractivity contribution < 1.29 is 4.74 Å². The van der Waals surface area contributed by atoms with Gasteiger partial charge in [0.1, 0.15) is 5.01 Å². The summed E-state index contributed by atoms with van der Waals surface area (Å²) < 4.78 is 5.18. The van der Waals surface area contributed by atoms with E-state index in [1.807, 2.05) is 6.92 Å². The minimum atomic E-state index is 0.163. The number of nitrogens with one attached hydrogen (secondary N) is 1. The third kappa shape index (κ3) is 4.70. The van der Waals surface area contributed by atoms with Gasteiger partial charge in [-0.3, -0.25) is 0 Å². The van der Waals surface area contributed by atoms with Crippen molar-refractivity contribution in [3.05, 3.63) is 16.1 Å². The summed E-state index contributed by atoms with van der Waals surface area (Å²) in [6, 6.07) is 0. The van der Waals surface area contributed by atoms with Gasteiger partial charge in [-0.05, 0) is 19.9 Å². The fraction of sp³-hybridized carbons (Fsp3) is 0.700. The van der Waals surface area contributed by atoms with Crippen LogP contribution in [-0.4, -0.2) is 31.3 Å². The molecule has 5 heteroatoms. The first-order valence-corrected chi connectivity index (χ1v) is 5.98. The second-order valence-corrected chi connectivity index (χ2v) is 4.38. The molecule has 0 spiro atoms. The van der Waals surface area contributed by atoms with E-state index in [0.717, 1.165) is 30.2 Å². The van der Waals surface area contributed by atoms with E-state index in [9.17, 15) is 0 Å². The van der Waals surface area contributed by atoms with Crippen LogP contribution in [0.3, 0.4) is 0 Å². The van der Waals surface area contributed by atoms with Crippen LogP contribution in [0.2, 0.25) is 0 Å². The molecule has 15 heavy (non-hydrogen) atoms. The number of hydrogen-bond acceptors (Lipinski definition) is 5. The molecule has 0 radical (unpaired) electrons. The molecule has 1 aromatic heterocycles. The largest absolute Gasteiger partial charge is 0.380 e. The van der Waals surface area contributed by atoms with Crippen LogP contribution < -0.4 is 11.1 Å². The molecule has 0 aromatic carbocycles. The Morgan fingerprint density at radius 2 is 2.47 bits per heavy atom. The highest BCUT2D eigenvalue weighted by Gasteiger charge is 2.03. The Labute approximate surface area is 94.8 Å². The van der Waals surface area contributed by atoms with Gasteiger partial charge in [0.15, 0.2) is 0 Å². The van der Waals surface area contributed by atoms with Crippen LogP contribution in [0.1, 0.15) is 17.1 Å². The molecule has 0 aliphatic rings. The Morgan fingerprint density at radius 1 is 1.67 bits per heavy atom. The fourth-order valence-corrected chi connectivity index (χ4v) is 2.02. The molecule has 0 amide bonds. The van der Waals surface area contributed by atoms with Crippen molar-refractivity contribution in [1.82, 2.24) is 10.3 Å². The van der Waals surface area contributed by atoms with Crippen LogP contribution in [0, 0.1) is 6.92 Å². The van der Waals surface area contributed by atoms with Crippen molar-refractivity contribution in [2.45, 2.75) is 26.0 Å². The highest BCUT2D eigenvalue weighted by atomic mass is 32.1. The van der Waals surface area contributed by atoms with Gasteiger partial charge in [-0.2, -0.15) is 0 Å². The first-order chi connectivity index (χ1) is 7.26. The number of rotatable bonds is 7. The summed E-state index contributed by atoms with van der Waals surface area (Å²) in [6.45, 7) is 4.33. The van der Waals surface area contributed by atoms with Crippen LogP contribution in [-0.2, 0) is 11.3 Å². The molecule has 1 rings (SSSR count). The lowest BCUT2D eigenvalue weighted by Crippen LogP contribution is -2.27. The summed E-state index contributed by atoms with van der Waals surface area (Å²) >= 11 is 1.69. The summed E-state index contributed by atoms with van der Waals surface area (Å²) in [4.78, 5) is 4.37. The van der Waals surface area contributed by atoms with Crippen molar-refractivity contribution in [2.75, 3.05) is 20.2 Å². The number of nitrogens with zero attached hydrogens (tertiary/aromatic N) is 1. The molecule has 0 aliphatic carbocycles. The lowest BCUT2D eigenvalue weighted by atomic mass is 10.2. The van der Waals surface area contributed by atoms with Crippen LogP contribution in [0.5, 0.6) is 0 Å². The molecule has 1 unspecified atom stereocenters. The second kappa shape index (κ2) is 6.90. The molecule has 1 aromatic rings. The van der Waals surface area contributed by atoms with Gasteiger partial charge in [-0.15, -0.1) is 11.3 Å². The van der Waals surface area contributed by atoms with E-state index >= 15 is 0 Å². The number of thiazole rings is 1. The average Bonchev–Trinajstić information content (AvgIpc) is 2.65. The van der Waals surface area contributed by atoms with Crippen LogP contribution >= 0.6 is 11.3 Å². The molecule has 4 nitrogen and oxygen atoms in total. The molecule has 1 atom stereocenters. The van der Waals surface area contributed by atoms with E-state index in [2.05, 4.69) is 15.7 Å². The number of ether oxygens (including phenoxy) is 1. The average molecular weight is 229 g/mol. The topological polar surface area (TPSA) is 60.2 Å². The third-order valence-corrected chi connectivity index (χ3v) is 3.15. The maximum atomic E-state index is 5.52. The lowest BCUT2D eigenvalue weighted by Gasteiger charge is -2.12. The molecule has 0 bridgehead atoms. The van der Waals surface area contributed by atoms with Crippen LogP contribution in [0.15, 0.2) is 5.38 Å². The van der Waals surface area contributed by atoms with Gasteiger partial charge >= 0.3 is 0 Å². The van der Waals surface area contributed by atoms with E-state index < -0.39 is 0 Å². The molecule has 86 valence electrons.